The van der Waals surface area contributed by atoms with E-state index in [1.54, 1.807) is 25.1 Å². The number of aryl methyl sites for hydroxylation is 1. The van der Waals surface area contributed by atoms with Gasteiger partial charge in [-0.25, -0.2) is 14.2 Å². The summed E-state index contributed by atoms with van der Waals surface area (Å²) in [4.78, 5) is 15.7. The molecule has 2 aromatic carbocycles. The summed E-state index contributed by atoms with van der Waals surface area (Å²) in [5.74, 6) is 0.427. The number of amides is 1. The lowest BCUT2D eigenvalue weighted by atomic mass is 10.1. The van der Waals surface area contributed by atoms with Crippen molar-refractivity contribution in [2.24, 2.45) is 4.99 Å². The van der Waals surface area contributed by atoms with Crippen LogP contribution in [0, 0.1) is 12.7 Å². The SMILES string of the molecule is CCNC(=NCc1ccc(C)c(F)c1)NCc1ccc(NC(=O)OC)cc1. The number of ether oxygens (including phenoxy) is 1. The summed E-state index contributed by atoms with van der Waals surface area (Å²) < 4.78 is 18.2. The molecule has 7 heteroatoms. The van der Waals surface area contributed by atoms with Gasteiger partial charge in [0.2, 0.25) is 0 Å². The van der Waals surface area contributed by atoms with Crippen molar-refractivity contribution in [2.75, 3.05) is 19.0 Å². The molecule has 144 valence electrons. The minimum atomic E-state index is -0.505. The fraction of sp³-hybridized carbons (Fsp3) is 0.300. The average Bonchev–Trinajstić information content (AvgIpc) is 2.67. The second-order valence-electron chi connectivity index (χ2n) is 5.95. The molecular formula is C20H25FN4O2. The van der Waals surface area contributed by atoms with Crippen LogP contribution in [0.15, 0.2) is 47.5 Å². The number of aliphatic imine (C=N–C) groups is 1. The Kier molecular flexibility index (Phi) is 7.61. The zero-order chi connectivity index (χ0) is 19.6. The van der Waals surface area contributed by atoms with Gasteiger partial charge in [-0.1, -0.05) is 24.3 Å². The summed E-state index contributed by atoms with van der Waals surface area (Å²) >= 11 is 0. The predicted octanol–water partition coefficient (Wildman–Crippen LogP) is 3.57. The highest BCUT2D eigenvalue weighted by Gasteiger charge is 2.03. The quantitative estimate of drug-likeness (QED) is 0.535. The van der Waals surface area contributed by atoms with E-state index < -0.39 is 6.09 Å². The van der Waals surface area contributed by atoms with E-state index in [0.29, 0.717) is 30.3 Å². The van der Waals surface area contributed by atoms with Crippen LogP contribution in [0.5, 0.6) is 0 Å². The first-order chi connectivity index (χ1) is 13.0. The molecule has 0 saturated heterocycles. The van der Waals surface area contributed by atoms with Crippen molar-refractivity contribution in [3.63, 3.8) is 0 Å². The second kappa shape index (κ2) is 10.2. The minimum Gasteiger partial charge on any atom is -0.453 e. The third-order valence-electron chi connectivity index (χ3n) is 3.85. The third-order valence-corrected chi connectivity index (χ3v) is 3.85. The van der Waals surface area contributed by atoms with Crippen LogP contribution in [0.1, 0.15) is 23.6 Å². The van der Waals surface area contributed by atoms with Gasteiger partial charge in [-0.2, -0.15) is 0 Å². The number of carbonyl (C=O) groups excluding carboxylic acids is 1. The number of anilines is 1. The minimum absolute atomic E-state index is 0.221. The number of guanidine groups is 1. The van der Waals surface area contributed by atoms with Crippen LogP contribution in [0.3, 0.4) is 0 Å². The first-order valence-corrected chi connectivity index (χ1v) is 8.73. The number of hydrogen-bond donors (Lipinski definition) is 3. The van der Waals surface area contributed by atoms with Gasteiger partial charge < -0.3 is 15.4 Å². The van der Waals surface area contributed by atoms with E-state index in [-0.39, 0.29) is 5.82 Å². The normalized spacial score (nSPS) is 11.0. The van der Waals surface area contributed by atoms with Gasteiger partial charge in [0.25, 0.3) is 0 Å². The van der Waals surface area contributed by atoms with Crippen molar-refractivity contribution in [3.05, 3.63) is 65.0 Å². The topological polar surface area (TPSA) is 74.8 Å². The van der Waals surface area contributed by atoms with Gasteiger partial charge in [0, 0.05) is 18.8 Å². The Hall–Kier alpha value is -3.09. The van der Waals surface area contributed by atoms with Crippen LogP contribution >= 0.6 is 0 Å². The van der Waals surface area contributed by atoms with E-state index in [4.69, 9.17) is 0 Å². The molecule has 0 heterocycles. The molecule has 1 amide bonds. The maximum Gasteiger partial charge on any atom is 0.411 e. The van der Waals surface area contributed by atoms with E-state index in [2.05, 4.69) is 25.7 Å². The Morgan fingerprint density at radius 1 is 1.11 bits per heavy atom. The predicted molar refractivity (Wildman–Crippen MR) is 105 cm³/mol. The molecule has 3 N–H and O–H groups in total. The van der Waals surface area contributed by atoms with Crippen LogP contribution < -0.4 is 16.0 Å². The Morgan fingerprint density at radius 2 is 1.81 bits per heavy atom. The number of nitrogens with one attached hydrogen (secondary N) is 3. The summed E-state index contributed by atoms with van der Waals surface area (Å²) in [6.45, 7) is 5.38. The van der Waals surface area contributed by atoms with Gasteiger partial charge in [0.1, 0.15) is 5.82 Å². The van der Waals surface area contributed by atoms with Crippen molar-refractivity contribution in [1.82, 2.24) is 10.6 Å². The zero-order valence-corrected chi connectivity index (χ0v) is 15.8. The highest BCUT2D eigenvalue weighted by molar-refractivity contribution is 5.84. The van der Waals surface area contributed by atoms with Gasteiger partial charge in [0.15, 0.2) is 5.96 Å². The van der Waals surface area contributed by atoms with Gasteiger partial charge in [0.05, 0.1) is 13.7 Å². The number of halogens is 1. The lowest BCUT2D eigenvalue weighted by Crippen LogP contribution is -2.36. The first kappa shape index (κ1) is 20.2. The number of nitrogens with zero attached hydrogens (tertiary/aromatic N) is 1. The van der Waals surface area contributed by atoms with E-state index in [0.717, 1.165) is 17.7 Å². The molecule has 0 unspecified atom stereocenters. The maximum absolute atomic E-state index is 13.6. The zero-order valence-electron chi connectivity index (χ0n) is 15.8. The lowest BCUT2D eigenvalue weighted by molar-refractivity contribution is 0.187. The second-order valence-corrected chi connectivity index (χ2v) is 5.95. The van der Waals surface area contributed by atoms with Crippen molar-refractivity contribution in [1.29, 1.82) is 0 Å². The molecular weight excluding hydrogens is 347 g/mol. The largest absolute Gasteiger partial charge is 0.453 e. The summed E-state index contributed by atoms with van der Waals surface area (Å²) in [6.07, 6.45) is -0.505. The molecule has 0 radical (unpaired) electrons. The van der Waals surface area contributed by atoms with E-state index >= 15 is 0 Å². The molecule has 2 aromatic rings. The molecule has 0 bridgehead atoms. The molecule has 0 saturated carbocycles. The molecule has 0 atom stereocenters. The monoisotopic (exact) mass is 372 g/mol. The van der Waals surface area contributed by atoms with Crippen LogP contribution in [0.4, 0.5) is 14.9 Å². The molecule has 2 rings (SSSR count). The Bertz CT molecular complexity index is 791. The summed E-state index contributed by atoms with van der Waals surface area (Å²) in [5, 5.41) is 9.01. The molecule has 0 spiro atoms. The van der Waals surface area contributed by atoms with Crippen LogP contribution in [-0.4, -0.2) is 25.7 Å². The van der Waals surface area contributed by atoms with Crippen molar-refractivity contribution >= 4 is 17.7 Å². The van der Waals surface area contributed by atoms with Crippen molar-refractivity contribution < 1.29 is 13.9 Å². The van der Waals surface area contributed by atoms with E-state index in [1.165, 1.54) is 13.2 Å². The van der Waals surface area contributed by atoms with Crippen LogP contribution in [0.2, 0.25) is 0 Å². The molecule has 0 fully saturated rings. The number of hydrogen-bond acceptors (Lipinski definition) is 3. The average molecular weight is 372 g/mol. The number of rotatable bonds is 6. The smallest absolute Gasteiger partial charge is 0.411 e. The molecule has 0 aliphatic heterocycles. The first-order valence-electron chi connectivity index (χ1n) is 8.73. The van der Waals surface area contributed by atoms with Crippen molar-refractivity contribution in [2.45, 2.75) is 26.9 Å². The Morgan fingerprint density at radius 3 is 2.44 bits per heavy atom. The maximum atomic E-state index is 13.6. The molecule has 0 aliphatic rings. The fourth-order valence-corrected chi connectivity index (χ4v) is 2.31. The van der Waals surface area contributed by atoms with Gasteiger partial charge in [-0.3, -0.25) is 5.32 Å². The Balaban J connectivity index is 1.94. The summed E-state index contributed by atoms with van der Waals surface area (Å²) in [6, 6.07) is 12.5. The highest BCUT2D eigenvalue weighted by Crippen LogP contribution is 2.11. The van der Waals surface area contributed by atoms with Gasteiger partial charge in [-0.15, -0.1) is 0 Å². The van der Waals surface area contributed by atoms with Gasteiger partial charge >= 0.3 is 6.09 Å². The Labute approximate surface area is 158 Å². The van der Waals surface area contributed by atoms with Crippen LogP contribution in [0.25, 0.3) is 0 Å². The fourth-order valence-electron chi connectivity index (χ4n) is 2.31. The molecule has 6 nitrogen and oxygen atoms in total. The van der Waals surface area contributed by atoms with Crippen LogP contribution in [-0.2, 0) is 17.8 Å². The molecule has 0 aromatic heterocycles. The lowest BCUT2D eigenvalue weighted by Gasteiger charge is -2.12. The number of carbonyl (C=O) groups is 1. The van der Waals surface area contributed by atoms with E-state index in [1.807, 2.05) is 25.1 Å². The molecule has 27 heavy (non-hydrogen) atoms. The third kappa shape index (κ3) is 6.62. The summed E-state index contributed by atoms with van der Waals surface area (Å²) in [7, 11) is 1.32. The van der Waals surface area contributed by atoms with Gasteiger partial charge in [-0.05, 0) is 48.7 Å². The summed E-state index contributed by atoms with van der Waals surface area (Å²) in [5.41, 5.74) is 3.12. The van der Waals surface area contributed by atoms with Crippen molar-refractivity contribution in [3.8, 4) is 0 Å². The molecule has 0 aliphatic carbocycles. The van der Waals surface area contributed by atoms with E-state index in [9.17, 15) is 9.18 Å². The highest BCUT2D eigenvalue weighted by atomic mass is 19.1. The standard InChI is InChI=1S/C20H25FN4O2/c1-4-22-19(24-13-16-6-5-14(2)18(21)11-16)23-12-15-7-9-17(10-8-15)25-20(26)27-3/h5-11H,4,12-13H2,1-3H3,(H,25,26)(H2,22,23,24). The number of benzene rings is 2. The number of methoxy groups -OCH3 is 1.